The van der Waals surface area contributed by atoms with E-state index in [4.69, 9.17) is 6.42 Å². The van der Waals surface area contributed by atoms with Crippen LogP contribution in [0.5, 0.6) is 0 Å². The largest absolute Gasteiger partial charge is 0.145 e. The Morgan fingerprint density at radius 2 is 2.33 bits per heavy atom. The third-order valence-electron chi connectivity index (χ3n) is 2.02. The minimum absolute atomic E-state index is 0.577. The summed E-state index contributed by atoms with van der Waals surface area (Å²) in [5.74, 6) is 3.31. The molecule has 1 rings (SSSR count). The quantitative estimate of drug-likeness (QED) is 0.621. The number of aryl methyl sites for hydroxylation is 1. The van der Waals surface area contributed by atoms with Crippen molar-refractivity contribution in [2.24, 2.45) is 0 Å². The number of hydrogen-bond acceptors (Lipinski definition) is 1. The molecule has 0 saturated heterocycles. The van der Waals surface area contributed by atoms with Crippen molar-refractivity contribution in [1.29, 1.82) is 0 Å². The van der Waals surface area contributed by atoms with Crippen LogP contribution in [0.15, 0.2) is 12.1 Å². The molecule has 1 heterocycles. The van der Waals surface area contributed by atoms with E-state index in [1.54, 1.807) is 0 Å². The summed E-state index contributed by atoms with van der Waals surface area (Å²) in [5.41, 5.74) is 0. The van der Waals surface area contributed by atoms with Crippen molar-refractivity contribution in [1.82, 2.24) is 0 Å². The summed E-state index contributed by atoms with van der Waals surface area (Å²) in [6, 6.07) is 4.37. The van der Waals surface area contributed by atoms with E-state index in [1.807, 2.05) is 11.3 Å². The summed E-state index contributed by atoms with van der Waals surface area (Å²) < 4.78 is 0. The zero-order valence-electron chi connectivity index (χ0n) is 7.63. The zero-order chi connectivity index (χ0) is 8.97. The van der Waals surface area contributed by atoms with E-state index in [2.05, 4.69) is 31.9 Å². The molecule has 0 aliphatic carbocycles. The highest BCUT2D eigenvalue weighted by molar-refractivity contribution is 7.12. The molecule has 1 heteroatoms. The second kappa shape index (κ2) is 4.33. The average molecular weight is 178 g/mol. The van der Waals surface area contributed by atoms with Gasteiger partial charge in [-0.05, 0) is 25.5 Å². The first kappa shape index (κ1) is 9.35. The Balaban J connectivity index is 2.74. The van der Waals surface area contributed by atoms with Crippen LogP contribution in [0, 0.1) is 19.3 Å². The Labute approximate surface area is 78.6 Å². The fourth-order valence-electron chi connectivity index (χ4n) is 1.26. The molecule has 0 bridgehead atoms. The minimum Gasteiger partial charge on any atom is -0.145 e. The predicted octanol–water partition coefficient (Wildman–Crippen LogP) is 3.57. The van der Waals surface area contributed by atoms with Crippen LogP contribution >= 0.6 is 11.3 Å². The molecular weight excluding hydrogens is 164 g/mol. The van der Waals surface area contributed by atoms with Gasteiger partial charge in [0, 0.05) is 22.1 Å². The lowest BCUT2D eigenvalue weighted by molar-refractivity contribution is 0.698. The van der Waals surface area contributed by atoms with E-state index in [0.717, 1.165) is 12.8 Å². The van der Waals surface area contributed by atoms with Gasteiger partial charge < -0.3 is 0 Å². The van der Waals surface area contributed by atoms with Gasteiger partial charge in [-0.1, -0.05) is 6.92 Å². The highest BCUT2D eigenvalue weighted by Gasteiger charge is 2.09. The van der Waals surface area contributed by atoms with Crippen molar-refractivity contribution < 1.29 is 0 Å². The molecule has 0 aliphatic rings. The van der Waals surface area contributed by atoms with Gasteiger partial charge in [-0.25, -0.2) is 0 Å². The number of thiophene rings is 1. The molecule has 0 radical (unpaired) electrons. The number of hydrogen-bond donors (Lipinski definition) is 0. The number of rotatable bonds is 3. The predicted molar refractivity (Wildman–Crippen MR) is 55.5 cm³/mol. The smallest absolute Gasteiger partial charge is 0.0163 e. The maximum atomic E-state index is 5.30. The van der Waals surface area contributed by atoms with Gasteiger partial charge in [0.05, 0.1) is 0 Å². The first-order valence-electron chi connectivity index (χ1n) is 4.27. The van der Waals surface area contributed by atoms with Crippen LogP contribution in [0.2, 0.25) is 0 Å². The second-order valence-electron chi connectivity index (χ2n) is 2.96. The molecule has 0 nitrogen and oxygen atoms in total. The van der Waals surface area contributed by atoms with Crippen molar-refractivity contribution in [2.75, 3.05) is 0 Å². The summed E-state index contributed by atoms with van der Waals surface area (Å²) >= 11 is 1.86. The van der Waals surface area contributed by atoms with Gasteiger partial charge in [-0.15, -0.1) is 23.7 Å². The topological polar surface area (TPSA) is 0 Å². The Morgan fingerprint density at radius 1 is 1.58 bits per heavy atom. The SMILES string of the molecule is C#CCC(CC)c1ccc(C)s1. The lowest BCUT2D eigenvalue weighted by Gasteiger charge is -2.07. The third kappa shape index (κ3) is 2.12. The van der Waals surface area contributed by atoms with Crippen LogP contribution in [0.3, 0.4) is 0 Å². The molecule has 1 atom stereocenters. The second-order valence-corrected chi connectivity index (χ2v) is 4.28. The number of terminal acetylenes is 1. The third-order valence-corrected chi connectivity index (χ3v) is 3.18. The van der Waals surface area contributed by atoms with Crippen molar-refractivity contribution in [3.63, 3.8) is 0 Å². The monoisotopic (exact) mass is 178 g/mol. The molecule has 1 aromatic rings. The van der Waals surface area contributed by atoms with Gasteiger partial charge in [0.1, 0.15) is 0 Å². The molecule has 0 N–H and O–H groups in total. The Morgan fingerprint density at radius 3 is 2.75 bits per heavy atom. The minimum atomic E-state index is 0.577. The highest BCUT2D eigenvalue weighted by atomic mass is 32.1. The summed E-state index contributed by atoms with van der Waals surface area (Å²) in [7, 11) is 0. The molecule has 0 saturated carbocycles. The van der Waals surface area contributed by atoms with Crippen LogP contribution < -0.4 is 0 Å². The van der Waals surface area contributed by atoms with E-state index in [-0.39, 0.29) is 0 Å². The van der Waals surface area contributed by atoms with Crippen molar-refractivity contribution in [3.05, 3.63) is 21.9 Å². The molecule has 0 spiro atoms. The van der Waals surface area contributed by atoms with Crippen LogP contribution in [-0.2, 0) is 0 Å². The zero-order valence-corrected chi connectivity index (χ0v) is 8.45. The van der Waals surface area contributed by atoms with Crippen molar-refractivity contribution in [2.45, 2.75) is 32.6 Å². The Kier molecular flexibility index (Phi) is 3.37. The molecule has 12 heavy (non-hydrogen) atoms. The Bertz CT molecular complexity index is 277. The van der Waals surface area contributed by atoms with E-state index in [0.29, 0.717) is 5.92 Å². The molecule has 0 aromatic carbocycles. The summed E-state index contributed by atoms with van der Waals surface area (Å²) in [4.78, 5) is 2.81. The van der Waals surface area contributed by atoms with E-state index in [9.17, 15) is 0 Å². The fraction of sp³-hybridized carbons (Fsp3) is 0.455. The maximum Gasteiger partial charge on any atom is 0.0163 e. The van der Waals surface area contributed by atoms with Crippen LogP contribution in [0.25, 0.3) is 0 Å². The van der Waals surface area contributed by atoms with Gasteiger partial charge in [0.2, 0.25) is 0 Å². The van der Waals surface area contributed by atoms with E-state index < -0.39 is 0 Å². The molecule has 0 amide bonds. The highest BCUT2D eigenvalue weighted by Crippen LogP contribution is 2.28. The molecule has 1 unspecified atom stereocenters. The molecular formula is C11H14S. The summed E-state index contributed by atoms with van der Waals surface area (Å²) in [6.07, 6.45) is 7.32. The molecule has 0 aliphatic heterocycles. The summed E-state index contributed by atoms with van der Waals surface area (Å²) in [6.45, 7) is 4.33. The van der Waals surface area contributed by atoms with Gasteiger partial charge >= 0.3 is 0 Å². The normalized spacial score (nSPS) is 12.4. The molecule has 0 fully saturated rings. The van der Waals surface area contributed by atoms with Crippen LogP contribution in [-0.4, -0.2) is 0 Å². The lowest BCUT2D eigenvalue weighted by Crippen LogP contribution is -1.91. The fourth-order valence-corrected chi connectivity index (χ4v) is 2.32. The lowest BCUT2D eigenvalue weighted by atomic mass is 10.0. The van der Waals surface area contributed by atoms with Crippen LogP contribution in [0.4, 0.5) is 0 Å². The van der Waals surface area contributed by atoms with Gasteiger partial charge in [0.15, 0.2) is 0 Å². The van der Waals surface area contributed by atoms with Crippen molar-refractivity contribution >= 4 is 11.3 Å². The Hall–Kier alpha value is -0.740. The van der Waals surface area contributed by atoms with Gasteiger partial charge in [0.25, 0.3) is 0 Å². The van der Waals surface area contributed by atoms with Crippen LogP contribution in [0.1, 0.15) is 35.4 Å². The molecule has 64 valence electrons. The van der Waals surface area contributed by atoms with Gasteiger partial charge in [-0.2, -0.15) is 0 Å². The van der Waals surface area contributed by atoms with E-state index in [1.165, 1.54) is 9.75 Å². The van der Waals surface area contributed by atoms with Gasteiger partial charge in [-0.3, -0.25) is 0 Å². The van der Waals surface area contributed by atoms with E-state index >= 15 is 0 Å². The summed E-state index contributed by atoms with van der Waals surface area (Å²) in [5, 5.41) is 0. The first-order valence-corrected chi connectivity index (χ1v) is 5.09. The maximum absolute atomic E-state index is 5.30. The van der Waals surface area contributed by atoms with Crippen molar-refractivity contribution in [3.8, 4) is 12.3 Å². The standard InChI is InChI=1S/C11H14S/c1-4-6-10(5-2)11-8-7-9(3)12-11/h1,7-8,10H,5-6H2,2-3H3. The molecule has 1 aromatic heterocycles. The first-order chi connectivity index (χ1) is 5.77. The average Bonchev–Trinajstić information content (AvgIpc) is 2.47.